The standard InChI is InChI=1S/C18H25N5O2/c1-13(2)16-9-19-17(25-16)12-21-7-5-14(10-21)23-11-15(8-20-23)22-6-3-4-18(22)24/h8-9,11,13-14H,3-7,10,12H2,1-2H3. The highest BCUT2D eigenvalue weighted by molar-refractivity contribution is 5.95. The molecule has 4 heterocycles. The third-order valence-electron chi connectivity index (χ3n) is 5.09. The number of anilines is 1. The lowest BCUT2D eigenvalue weighted by Crippen LogP contribution is -2.23. The Morgan fingerprint density at radius 3 is 2.92 bits per heavy atom. The van der Waals surface area contributed by atoms with Gasteiger partial charge in [-0.05, 0) is 12.8 Å². The molecular formula is C18H25N5O2. The van der Waals surface area contributed by atoms with E-state index in [-0.39, 0.29) is 5.91 Å². The second-order valence-electron chi connectivity index (χ2n) is 7.32. The average molecular weight is 343 g/mol. The number of carbonyl (C=O) groups is 1. The SMILES string of the molecule is CC(C)c1cnc(CN2CCC(n3cc(N4CCCC4=O)cn3)C2)o1. The number of amides is 1. The van der Waals surface area contributed by atoms with E-state index in [2.05, 4.69) is 28.8 Å². The summed E-state index contributed by atoms with van der Waals surface area (Å²) in [6, 6.07) is 0.339. The summed E-state index contributed by atoms with van der Waals surface area (Å²) in [4.78, 5) is 20.5. The first kappa shape index (κ1) is 16.3. The van der Waals surface area contributed by atoms with Crippen molar-refractivity contribution in [3.8, 4) is 0 Å². The number of oxazole rings is 1. The zero-order valence-electron chi connectivity index (χ0n) is 14.9. The molecule has 0 aliphatic carbocycles. The minimum atomic E-state index is 0.206. The molecule has 1 atom stereocenters. The molecule has 2 saturated heterocycles. The van der Waals surface area contributed by atoms with Crippen LogP contribution in [-0.4, -0.2) is 45.2 Å². The Labute approximate surface area is 147 Å². The van der Waals surface area contributed by atoms with E-state index in [4.69, 9.17) is 4.42 Å². The number of rotatable bonds is 5. The first-order chi connectivity index (χ1) is 12.1. The van der Waals surface area contributed by atoms with Crippen LogP contribution in [-0.2, 0) is 11.3 Å². The molecule has 2 aromatic rings. The summed E-state index contributed by atoms with van der Waals surface area (Å²) < 4.78 is 7.82. The Morgan fingerprint density at radius 2 is 2.20 bits per heavy atom. The van der Waals surface area contributed by atoms with Crippen LogP contribution in [0.15, 0.2) is 23.0 Å². The molecule has 134 valence electrons. The maximum atomic E-state index is 11.9. The van der Waals surface area contributed by atoms with E-state index < -0.39 is 0 Å². The second kappa shape index (κ2) is 6.63. The normalized spacial score (nSPS) is 21.8. The largest absolute Gasteiger partial charge is 0.444 e. The van der Waals surface area contributed by atoms with Gasteiger partial charge in [0, 0.05) is 38.2 Å². The van der Waals surface area contributed by atoms with Crippen molar-refractivity contribution in [2.24, 2.45) is 0 Å². The second-order valence-corrected chi connectivity index (χ2v) is 7.32. The molecule has 2 aliphatic rings. The number of likely N-dealkylation sites (tertiary alicyclic amines) is 1. The Bertz CT molecular complexity index is 750. The minimum Gasteiger partial charge on any atom is -0.444 e. The van der Waals surface area contributed by atoms with Crippen molar-refractivity contribution in [3.63, 3.8) is 0 Å². The summed E-state index contributed by atoms with van der Waals surface area (Å²) in [6.07, 6.45) is 8.30. The van der Waals surface area contributed by atoms with Crippen molar-refractivity contribution in [1.29, 1.82) is 0 Å². The lowest BCUT2D eigenvalue weighted by Gasteiger charge is -2.15. The fourth-order valence-corrected chi connectivity index (χ4v) is 3.62. The molecule has 4 rings (SSSR count). The maximum Gasteiger partial charge on any atom is 0.227 e. The van der Waals surface area contributed by atoms with Crippen molar-refractivity contribution in [2.75, 3.05) is 24.5 Å². The first-order valence-electron chi connectivity index (χ1n) is 9.11. The molecule has 25 heavy (non-hydrogen) atoms. The molecule has 0 spiro atoms. The van der Waals surface area contributed by atoms with Gasteiger partial charge in [0.1, 0.15) is 5.76 Å². The maximum absolute atomic E-state index is 11.9. The van der Waals surface area contributed by atoms with Gasteiger partial charge >= 0.3 is 0 Å². The Hall–Kier alpha value is -2.15. The molecule has 7 nitrogen and oxygen atoms in total. The molecule has 7 heteroatoms. The van der Waals surface area contributed by atoms with Crippen LogP contribution in [0.1, 0.15) is 56.7 Å². The van der Waals surface area contributed by atoms with Crippen molar-refractivity contribution in [1.82, 2.24) is 19.7 Å². The van der Waals surface area contributed by atoms with E-state index in [1.807, 2.05) is 28.2 Å². The van der Waals surface area contributed by atoms with E-state index in [1.165, 1.54) is 0 Å². The number of aromatic nitrogens is 3. The summed E-state index contributed by atoms with van der Waals surface area (Å²) >= 11 is 0. The van der Waals surface area contributed by atoms with Crippen LogP contribution in [0.5, 0.6) is 0 Å². The Balaban J connectivity index is 1.37. The predicted octanol–water partition coefficient (Wildman–Crippen LogP) is 2.57. The lowest BCUT2D eigenvalue weighted by atomic mass is 10.2. The van der Waals surface area contributed by atoms with Gasteiger partial charge in [-0.15, -0.1) is 0 Å². The van der Waals surface area contributed by atoms with Crippen LogP contribution in [0.3, 0.4) is 0 Å². The highest BCUT2D eigenvalue weighted by atomic mass is 16.4. The molecule has 1 unspecified atom stereocenters. The van der Waals surface area contributed by atoms with Crippen molar-refractivity contribution >= 4 is 11.6 Å². The number of hydrogen-bond acceptors (Lipinski definition) is 5. The summed E-state index contributed by atoms with van der Waals surface area (Å²) in [5.74, 6) is 2.30. The highest BCUT2D eigenvalue weighted by Crippen LogP contribution is 2.27. The van der Waals surface area contributed by atoms with Gasteiger partial charge in [-0.2, -0.15) is 5.10 Å². The van der Waals surface area contributed by atoms with Crippen LogP contribution in [0, 0.1) is 0 Å². The molecule has 0 aromatic carbocycles. The minimum absolute atomic E-state index is 0.206. The Kier molecular flexibility index (Phi) is 4.33. The van der Waals surface area contributed by atoms with Crippen molar-refractivity contribution in [3.05, 3.63) is 30.2 Å². The quantitative estimate of drug-likeness (QED) is 0.835. The molecule has 2 aliphatic heterocycles. The van der Waals surface area contributed by atoms with Crippen LogP contribution >= 0.6 is 0 Å². The van der Waals surface area contributed by atoms with Crippen LogP contribution in [0.25, 0.3) is 0 Å². The zero-order valence-corrected chi connectivity index (χ0v) is 14.9. The molecule has 0 radical (unpaired) electrons. The molecule has 2 fully saturated rings. The molecule has 0 bridgehead atoms. The molecular weight excluding hydrogens is 318 g/mol. The lowest BCUT2D eigenvalue weighted by molar-refractivity contribution is -0.117. The third-order valence-corrected chi connectivity index (χ3v) is 5.09. The smallest absolute Gasteiger partial charge is 0.227 e. The summed E-state index contributed by atoms with van der Waals surface area (Å²) in [5, 5.41) is 4.50. The molecule has 2 aromatic heterocycles. The molecule has 1 amide bonds. The van der Waals surface area contributed by atoms with Gasteiger partial charge in [0.2, 0.25) is 11.8 Å². The summed E-state index contributed by atoms with van der Waals surface area (Å²) in [5.41, 5.74) is 0.926. The molecule has 0 saturated carbocycles. The first-order valence-corrected chi connectivity index (χ1v) is 9.11. The van der Waals surface area contributed by atoms with E-state index in [9.17, 15) is 4.79 Å². The fourth-order valence-electron chi connectivity index (χ4n) is 3.62. The number of nitrogens with zero attached hydrogens (tertiary/aromatic N) is 5. The van der Waals surface area contributed by atoms with Gasteiger partial charge in [-0.3, -0.25) is 14.4 Å². The van der Waals surface area contributed by atoms with Crippen molar-refractivity contribution < 1.29 is 9.21 Å². The zero-order chi connectivity index (χ0) is 17.4. The average Bonchev–Trinajstić information content (AvgIpc) is 3.33. The van der Waals surface area contributed by atoms with Crippen molar-refractivity contribution in [2.45, 2.75) is 51.6 Å². The number of hydrogen-bond donors (Lipinski definition) is 0. The van der Waals surface area contributed by atoms with Gasteiger partial charge in [-0.25, -0.2) is 4.98 Å². The van der Waals surface area contributed by atoms with Gasteiger partial charge in [0.15, 0.2) is 0 Å². The van der Waals surface area contributed by atoms with Crippen LogP contribution < -0.4 is 4.90 Å². The van der Waals surface area contributed by atoms with Gasteiger partial charge in [0.05, 0.1) is 30.7 Å². The van der Waals surface area contributed by atoms with E-state index in [0.29, 0.717) is 18.4 Å². The van der Waals surface area contributed by atoms with Gasteiger partial charge in [-0.1, -0.05) is 13.8 Å². The monoisotopic (exact) mass is 343 g/mol. The van der Waals surface area contributed by atoms with E-state index in [1.54, 1.807) is 0 Å². The van der Waals surface area contributed by atoms with Gasteiger partial charge < -0.3 is 9.32 Å². The van der Waals surface area contributed by atoms with E-state index >= 15 is 0 Å². The topological polar surface area (TPSA) is 67.4 Å². The Morgan fingerprint density at radius 1 is 1.32 bits per heavy atom. The highest BCUT2D eigenvalue weighted by Gasteiger charge is 2.28. The number of carbonyl (C=O) groups excluding carboxylic acids is 1. The predicted molar refractivity (Wildman–Crippen MR) is 93.3 cm³/mol. The third kappa shape index (κ3) is 3.33. The fraction of sp³-hybridized carbons (Fsp3) is 0.611. The van der Waals surface area contributed by atoms with Gasteiger partial charge in [0.25, 0.3) is 0 Å². The molecule has 0 N–H and O–H groups in total. The summed E-state index contributed by atoms with van der Waals surface area (Å²) in [7, 11) is 0. The van der Waals surface area contributed by atoms with Crippen LogP contribution in [0.2, 0.25) is 0 Å². The summed E-state index contributed by atoms with van der Waals surface area (Å²) in [6.45, 7) is 7.69. The van der Waals surface area contributed by atoms with Crippen LogP contribution in [0.4, 0.5) is 5.69 Å². The van der Waals surface area contributed by atoms with E-state index in [0.717, 1.165) is 56.4 Å².